The fraction of sp³-hybridized carbons (Fsp3) is 0.562. The van der Waals surface area contributed by atoms with Gasteiger partial charge in [0.2, 0.25) is 0 Å². The van der Waals surface area contributed by atoms with E-state index in [1.54, 1.807) is 0 Å². The molecule has 4 nitrogen and oxygen atoms in total. The van der Waals surface area contributed by atoms with Gasteiger partial charge < -0.3 is 15.4 Å². The quantitative estimate of drug-likeness (QED) is 0.593. The number of ether oxygens (including phenoxy) is 1. The third-order valence-corrected chi connectivity index (χ3v) is 3.43. The summed E-state index contributed by atoms with van der Waals surface area (Å²) in [6.45, 7) is 5.28. The summed E-state index contributed by atoms with van der Waals surface area (Å²) in [7, 11) is 1.81. The van der Waals surface area contributed by atoms with Crippen LogP contribution >= 0.6 is 0 Å². The molecule has 1 aromatic carbocycles. The Bertz CT molecular complexity index is 424. The van der Waals surface area contributed by atoms with Gasteiger partial charge in [0.15, 0.2) is 5.96 Å². The molecule has 0 spiro atoms. The summed E-state index contributed by atoms with van der Waals surface area (Å²) >= 11 is 0. The largest absolute Gasteiger partial charge is 0.377 e. The molecule has 1 fully saturated rings. The van der Waals surface area contributed by atoms with Gasteiger partial charge in [0.1, 0.15) is 0 Å². The van der Waals surface area contributed by atoms with E-state index in [9.17, 15) is 0 Å². The molecule has 110 valence electrons. The molecule has 1 aliphatic carbocycles. The number of benzene rings is 1. The second-order valence-electron chi connectivity index (χ2n) is 5.20. The molecule has 0 saturated heterocycles. The zero-order valence-electron chi connectivity index (χ0n) is 12.5. The van der Waals surface area contributed by atoms with Crippen LogP contribution in [-0.2, 0) is 17.9 Å². The molecule has 0 bridgehead atoms. The summed E-state index contributed by atoms with van der Waals surface area (Å²) < 4.78 is 5.39. The van der Waals surface area contributed by atoms with Crippen LogP contribution in [0.2, 0.25) is 0 Å². The Balaban J connectivity index is 1.73. The lowest BCUT2D eigenvalue weighted by Gasteiger charge is -2.11. The zero-order valence-corrected chi connectivity index (χ0v) is 12.5. The van der Waals surface area contributed by atoms with E-state index in [4.69, 9.17) is 4.74 Å². The highest BCUT2D eigenvalue weighted by Crippen LogP contribution is 2.27. The van der Waals surface area contributed by atoms with Crippen LogP contribution in [0.25, 0.3) is 0 Å². The van der Waals surface area contributed by atoms with E-state index in [1.807, 2.05) is 14.0 Å². The van der Waals surface area contributed by atoms with Crippen molar-refractivity contribution in [3.63, 3.8) is 0 Å². The Morgan fingerprint density at radius 3 is 2.50 bits per heavy atom. The van der Waals surface area contributed by atoms with Gasteiger partial charge in [-0.05, 0) is 36.8 Å². The van der Waals surface area contributed by atoms with Gasteiger partial charge >= 0.3 is 0 Å². The van der Waals surface area contributed by atoms with Crippen molar-refractivity contribution < 1.29 is 4.74 Å². The number of guanidine groups is 1. The van der Waals surface area contributed by atoms with Crippen molar-refractivity contribution in [1.82, 2.24) is 10.6 Å². The molecule has 1 aliphatic rings. The van der Waals surface area contributed by atoms with Crippen LogP contribution in [0, 0.1) is 5.92 Å². The third kappa shape index (κ3) is 5.21. The van der Waals surface area contributed by atoms with Crippen molar-refractivity contribution in [2.75, 3.05) is 20.2 Å². The second-order valence-corrected chi connectivity index (χ2v) is 5.20. The average Bonchev–Trinajstić information content (AvgIpc) is 3.30. The third-order valence-electron chi connectivity index (χ3n) is 3.43. The number of nitrogens with zero attached hydrogens (tertiary/aromatic N) is 1. The van der Waals surface area contributed by atoms with E-state index in [-0.39, 0.29) is 0 Å². The predicted molar refractivity (Wildman–Crippen MR) is 82.7 cm³/mol. The SMILES string of the molecule is CCOCc1ccc(CNC(=NC)NCC2CC2)cc1. The van der Waals surface area contributed by atoms with Gasteiger partial charge in [0, 0.05) is 26.7 Å². The van der Waals surface area contributed by atoms with Crippen LogP contribution in [0.5, 0.6) is 0 Å². The van der Waals surface area contributed by atoms with Gasteiger partial charge in [-0.1, -0.05) is 24.3 Å². The summed E-state index contributed by atoms with van der Waals surface area (Å²) in [6, 6.07) is 8.51. The molecule has 0 amide bonds. The van der Waals surface area contributed by atoms with E-state index in [1.165, 1.54) is 24.0 Å². The fourth-order valence-corrected chi connectivity index (χ4v) is 1.94. The van der Waals surface area contributed by atoms with Crippen molar-refractivity contribution in [1.29, 1.82) is 0 Å². The Labute approximate surface area is 121 Å². The van der Waals surface area contributed by atoms with Gasteiger partial charge in [-0.2, -0.15) is 0 Å². The first-order chi connectivity index (χ1) is 9.81. The van der Waals surface area contributed by atoms with E-state index in [2.05, 4.69) is 39.9 Å². The molecular weight excluding hydrogens is 250 g/mol. The molecule has 0 radical (unpaired) electrons. The van der Waals surface area contributed by atoms with Gasteiger partial charge in [0.25, 0.3) is 0 Å². The van der Waals surface area contributed by atoms with E-state index >= 15 is 0 Å². The maximum Gasteiger partial charge on any atom is 0.191 e. The minimum atomic E-state index is 0.689. The lowest BCUT2D eigenvalue weighted by molar-refractivity contribution is 0.134. The molecule has 0 aromatic heterocycles. The molecule has 4 heteroatoms. The van der Waals surface area contributed by atoms with E-state index in [0.29, 0.717) is 6.61 Å². The van der Waals surface area contributed by atoms with Gasteiger partial charge in [-0.15, -0.1) is 0 Å². The topological polar surface area (TPSA) is 45.6 Å². The Kier molecular flexibility index (Phi) is 5.87. The fourth-order valence-electron chi connectivity index (χ4n) is 1.94. The molecule has 2 N–H and O–H groups in total. The molecule has 1 saturated carbocycles. The Morgan fingerprint density at radius 2 is 1.90 bits per heavy atom. The van der Waals surface area contributed by atoms with Crippen LogP contribution in [0.1, 0.15) is 30.9 Å². The molecule has 20 heavy (non-hydrogen) atoms. The summed E-state index contributed by atoms with van der Waals surface area (Å²) in [4.78, 5) is 4.24. The number of hydrogen-bond acceptors (Lipinski definition) is 2. The van der Waals surface area contributed by atoms with E-state index in [0.717, 1.165) is 31.6 Å². The van der Waals surface area contributed by atoms with Crippen LogP contribution in [0.15, 0.2) is 29.3 Å². The first kappa shape index (κ1) is 14.9. The van der Waals surface area contributed by atoms with Crippen LogP contribution < -0.4 is 10.6 Å². The minimum absolute atomic E-state index is 0.689. The lowest BCUT2D eigenvalue weighted by Crippen LogP contribution is -2.37. The van der Waals surface area contributed by atoms with Crippen molar-refractivity contribution >= 4 is 5.96 Å². The zero-order chi connectivity index (χ0) is 14.2. The number of nitrogens with one attached hydrogen (secondary N) is 2. The van der Waals surface area contributed by atoms with Gasteiger partial charge in [-0.3, -0.25) is 4.99 Å². The van der Waals surface area contributed by atoms with Crippen molar-refractivity contribution in [2.45, 2.75) is 32.9 Å². The highest BCUT2D eigenvalue weighted by Gasteiger charge is 2.20. The number of aliphatic imine (C=N–C) groups is 1. The first-order valence-corrected chi connectivity index (χ1v) is 7.42. The standard InChI is InChI=1S/C16H25N3O/c1-3-20-12-15-8-6-14(7-9-15)11-19-16(17-2)18-10-13-4-5-13/h6-9,13H,3-5,10-12H2,1-2H3,(H2,17,18,19). The highest BCUT2D eigenvalue weighted by atomic mass is 16.5. The van der Waals surface area contributed by atoms with Gasteiger partial charge in [-0.25, -0.2) is 0 Å². The Morgan fingerprint density at radius 1 is 1.20 bits per heavy atom. The first-order valence-electron chi connectivity index (χ1n) is 7.42. The van der Waals surface area contributed by atoms with Crippen molar-refractivity contribution in [2.24, 2.45) is 10.9 Å². The molecule has 0 aliphatic heterocycles. The number of hydrogen-bond donors (Lipinski definition) is 2. The Hall–Kier alpha value is -1.55. The van der Waals surface area contributed by atoms with E-state index < -0.39 is 0 Å². The monoisotopic (exact) mass is 275 g/mol. The maximum atomic E-state index is 5.39. The lowest BCUT2D eigenvalue weighted by atomic mass is 10.1. The molecular formula is C16H25N3O. The normalized spacial score (nSPS) is 15.2. The molecule has 1 aromatic rings. The smallest absolute Gasteiger partial charge is 0.191 e. The summed E-state index contributed by atoms with van der Waals surface area (Å²) in [5.41, 5.74) is 2.46. The minimum Gasteiger partial charge on any atom is -0.377 e. The molecule has 0 unspecified atom stereocenters. The highest BCUT2D eigenvalue weighted by molar-refractivity contribution is 5.79. The summed E-state index contributed by atoms with van der Waals surface area (Å²) in [6.07, 6.45) is 2.70. The van der Waals surface area contributed by atoms with Crippen molar-refractivity contribution in [3.8, 4) is 0 Å². The van der Waals surface area contributed by atoms with Crippen LogP contribution in [-0.4, -0.2) is 26.2 Å². The number of rotatable bonds is 7. The summed E-state index contributed by atoms with van der Waals surface area (Å²) in [5, 5.41) is 6.70. The average molecular weight is 275 g/mol. The van der Waals surface area contributed by atoms with Crippen LogP contribution in [0.4, 0.5) is 0 Å². The second kappa shape index (κ2) is 7.90. The predicted octanol–water partition coefficient (Wildman–Crippen LogP) is 2.30. The maximum absolute atomic E-state index is 5.39. The van der Waals surface area contributed by atoms with Crippen molar-refractivity contribution in [3.05, 3.63) is 35.4 Å². The van der Waals surface area contributed by atoms with Gasteiger partial charge in [0.05, 0.1) is 6.61 Å². The molecule has 2 rings (SSSR count). The molecule has 0 atom stereocenters. The van der Waals surface area contributed by atoms with Crippen LogP contribution in [0.3, 0.4) is 0 Å². The molecule has 0 heterocycles. The summed E-state index contributed by atoms with van der Waals surface area (Å²) in [5.74, 6) is 1.74.